The number of anilines is 1. The van der Waals surface area contributed by atoms with Crippen LogP contribution in [0.2, 0.25) is 0 Å². The predicted octanol–water partition coefficient (Wildman–Crippen LogP) is 0.940. The van der Waals surface area contributed by atoms with Gasteiger partial charge in [0.05, 0.1) is 5.69 Å². The summed E-state index contributed by atoms with van der Waals surface area (Å²) >= 11 is 0. The number of nitrogens with two attached hydrogens (primary N) is 1. The smallest absolute Gasteiger partial charge is 0.246 e. The molecule has 1 atom stereocenters. The lowest BCUT2D eigenvalue weighted by Gasteiger charge is -2.17. The number of nitrogen functional groups attached to an aromatic ring is 1. The minimum atomic E-state index is -4.03. The van der Waals surface area contributed by atoms with E-state index in [0.717, 1.165) is 10.4 Å². The van der Waals surface area contributed by atoms with E-state index >= 15 is 0 Å². The van der Waals surface area contributed by atoms with E-state index in [-0.39, 0.29) is 25.6 Å². The molecule has 0 aromatic heterocycles. The van der Waals surface area contributed by atoms with Crippen LogP contribution >= 0.6 is 0 Å². The van der Waals surface area contributed by atoms with Crippen LogP contribution in [0.25, 0.3) is 0 Å². The third-order valence-electron chi connectivity index (χ3n) is 3.45. The Balaban J connectivity index is 2.30. The third-order valence-corrected chi connectivity index (χ3v) is 5.34. The van der Waals surface area contributed by atoms with E-state index in [1.165, 1.54) is 0 Å². The molecule has 0 amide bonds. The van der Waals surface area contributed by atoms with Crippen molar-refractivity contribution in [3.8, 4) is 0 Å². The molecule has 3 N–H and O–H groups in total. The minimum Gasteiger partial charge on any atom is -0.396 e. The number of hydrogen-bond donors (Lipinski definition) is 2. The first-order chi connectivity index (χ1) is 9.36. The molecule has 0 radical (unpaired) electrons. The zero-order valence-electron chi connectivity index (χ0n) is 10.7. The Kier molecular flexibility index (Phi) is 4.26. The lowest BCUT2D eigenvalue weighted by Crippen LogP contribution is -2.30. The van der Waals surface area contributed by atoms with Gasteiger partial charge in [0.2, 0.25) is 10.0 Å². The number of aliphatic hydroxyl groups excluding tert-OH is 1. The number of aliphatic hydroxyl groups is 1. The SMILES string of the molecule is Nc1cc(S(=O)(=O)N2CCC(CCO)C2)c(F)cc1F. The van der Waals surface area contributed by atoms with Gasteiger partial charge in [-0.2, -0.15) is 4.31 Å². The van der Waals surface area contributed by atoms with Crippen LogP contribution < -0.4 is 5.73 Å². The van der Waals surface area contributed by atoms with Crippen molar-refractivity contribution in [2.45, 2.75) is 17.7 Å². The van der Waals surface area contributed by atoms with Crippen molar-refractivity contribution in [2.24, 2.45) is 5.92 Å². The lowest BCUT2D eigenvalue weighted by molar-refractivity contribution is 0.259. The summed E-state index contributed by atoms with van der Waals surface area (Å²) in [6.45, 7) is 0.458. The third kappa shape index (κ3) is 2.77. The van der Waals surface area contributed by atoms with Crippen LogP contribution in [0.3, 0.4) is 0 Å². The first kappa shape index (κ1) is 15.1. The zero-order valence-corrected chi connectivity index (χ0v) is 11.5. The molecule has 5 nitrogen and oxygen atoms in total. The molecule has 1 aliphatic heterocycles. The van der Waals surface area contributed by atoms with Gasteiger partial charge in [-0.25, -0.2) is 17.2 Å². The van der Waals surface area contributed by atoms with Crippen molar-refractivity contribution < 1.29 is 22.3 Å². The molecule has 20 heavy (non-hydrogen) atoms. The molecule has 8 heteroatoms. The first-order valence-corrected chi connectivity index (χ1v) is 7.65. The highest BCUT2D eigenvalue weighted by Crippen LogP contribution is 2.29. The van der Waals surface area contributed by atoms with Gasteiger partial charge in [-0.15, -0.1) is 0 Å². The average Bonchev–Trinajstić information content (AvgIpc) is 2.83. The number of sulfonamides is 1. The number of nitrogens with zero attached hydrogens (tertiary/aromatic N) is 1. The highest BCUT2D eigenvalue weighted by atomic mass is 32.2. The van der Waals surface area contributed by atoms with Crippen molar-refractivity contribution >= 4 is 15.7 Å². The largest absolute Gasteiger partial charge is 0.396 e. The van der Waals surface area contributed by atoms with Gasteiger partial charge in [0, 0.05) is 25.8 Å². The van der Waals surface area contributed by atoms with E-state index in [2.05, 4.69) is 0 Å². The van der Waals surface area contributed by atoms with Crippen LogP contribution in [0, 0.1) is 17.6 Å². The molecule has 1 fully saturated rings. The molecule has 1 aromatic carbocycles. The van der Waals surface area contributed by atoms with Crippen LogP contribution in [0.1, 0.15) is 12.8 Å². The van der Waals surface area contributed by atoms with Crippen molar-refractivity contribution in [3.05, 3.63) is 23.8 Å². The molecular formula is C12H16F2N2O3S. The summed E-state index contributed by atoms with van der Waals surface area (Å²) in [6.07, 6.45) is 1.11. The molecule has 2 rings (SSSR count). The number of hydrogen-bond acceptors (Lipinski definition) is 4. The molecule has 1 aliphatic rings. The second kappa shape index (κ2) is 5.63. The van der Waals surface area contributed by atoms with Gasteiger partial charge in [-0.3, -0.25) is 0 Å². The van der Waals surface area contributed by atoms with Crippen LogP contribution in [0.15, 0.2) is 17.0 Å². The van der Waals surface area contributed by atoms with E-state index < -0.39 is 32.2 Å². The monoisotopic (exact) mass is 306 g/mol. The highest BCUT2D eigenvalue weighted by molar-refractivity contribution is 7.89. The molecule has 1 unspecified atom stereocenters. The van der Waals surface area contributed by atoms with Gasteiger partial charge >= 0.3 is 0 Å². The van der Waals surface area contributed by atoms with Gasteiger partial charge in [0.1, 0.15) is 16.5 Å². The average molecular weight is 306 g/mol. The second-order valence-electron chi connectivity index (χ2n) is 4.83. The Morgan fingerprint density at radius 1 is 1.35 bits per heavy atom. The van der Waals surface area contributed by atoms with Gasteiger partial charge in [0.15, 0.2) is 0 Å². The fourth-order valence-electron chi connectivity index (χ4n) is 2.32. The van der Waals surface area contributed by atoms with Crippen molar-refractivity contribution in [1.29, 1.82) is 0 Å². The van der Waals surface area contributed by atoms with Gasteiger partial charge in [-0.05, 0) is 24.8 Å². The Morgan fingerprint density at radius 3 is 2.70 bits per heavy atom. The van der Waals surface area contributed by atoms with Crippen molar-refractivity contribution in [1.82, 2.24) is 4.31 Å². The predicted molar refractivity (Wildman–Crippen MR) is 69.3 cm³/mol. The van der Waals surface area contributed by atoms with E-state index in [1.807, 2.05) is 0 Å². The zero-order chi connectivity index (χ0) is 14.9. The van der Waals surface area contributed by atoms with E-state index in [4.69, 9.17) is 10.8 Å². The summed E-state index contributed by atoms with van der Waals surface area (Å²) in [5.41, 5.74) is 4.90. The number of benzene rings is 1. The summed E-state index contributed by atoms with van der Waals surface area (Å²) in [7, 11) is -4.03. The lowest BCUT2D eigenvalue weighted by atomic mass is 10.1. The van der Waals surface area contributed by atoms with Crippen LogP contribution in [0.4, 0.5) is 14.5 Å². The maximum atomic E-state index is 13.7. The Labute approximate surface area is 116 Å². The maximum Gasteiger partial charge on any atom is 0.246 e. The van der Waals surface area contributed by atoms with Gasteiger partial charge in [-0.1, -0.05) is 0 Å². The first-order valence-electron chi connectivity index (χ1n) is 6.21. The Hall–Kier alpha value is -1.25. The quantitative estimate of drug-likeness (QED) is 0.811. The summed E-state index contributed by atoms with van der Waals surface area (Å²) < 4.78 is 52.5. The molecule has 1 aromatic rings. The Bertz CT molecular complexity index is 607. The molecular weight excluding hydrogens is 290 g/mol. The van der Waals surface area contributed by atoms with Crippen LogP contribution in [0.5, 0.6) is 0 Å². The summed E-state index contributed by atoms with van der Waals surface area (Å²) in [5.74, 6) is -2.08. The normalized spacial score (nSPS) is 20.4. The van der Waals surface area contributed by atoms with Crippen molar-refractivity contribution in [2.75, 3.05) is 25.4 Å². The molecule has 0 spiro atoms. The van der Waals surface area contributed by atoms with Crippen LogP contribution in [-0.2, 0) is 10.0 Å². The fourth-order valence-corrected chi connectivity index (χ4v) is 3.93. The van der Waals surface area contributed by atoms with Crippen LogP contribution in [-0.4, -0.2) is 37.5 Å². The number of rotatable bonds is 4. The summed E-state index contributed by atoms with van der Waals surface area (Å²) in [6, 6.07) is 1.28. The highest BCUT2D eigenvalue weighted by Gasteiger charge is 2.34. The van der Waals surface area contributed by atoms with Gasteiger partial charge < -0.3 is 10.8 Å². The van der Waals surface area contributed by atoms with E-state index in [9.17, 15) is 17.2 Å². The number of halogens is 2. The molecule has 1 heterocycles. The molecule has 112 valence electrons. The molecule has 1 saturated heterocycles. The molecule has 0 aliphatic carbocycles. The van der Waals surface area contributed by atoms with E-state index in [1.54, 1.807) is 0 Å². The van der Waals surface area contributed by atoms with Gasteiger partial charge in [0.25, 0.3) is 0 Å². The second-order valence-corrected chi connectivity index (χ2v) is 6.74. The molecule has 0 bridgehead atoms. The topological polar surface area (TPSA) is 83.6 Å². The maximum absolute atomic E-state index is 13.7. The van der Waals surface area contributed by atoms with E-state index in [0.29, 0.717) is 18.9 Å². The standard InChI is InChI=1S/C12H16F2N2O3S/c13-9-5-10(14)12(6-11(9)15)20(18,19)16-3-1-8(7-16)2-4-17/h5-6,8,17H,1-4,7,15H2. The Morgan fingerprint density at radius 2 is 2.05 bits per heavy atom. The minimum absolute atomic E-state index is 0.0174. The summed E-state index contributed by atoms with van der Waals surface area (Å²) in [4.78, 5) is -0.610. The van der Waals surface area contributed by atoms with Crippen molar-refractivity contribution in [3.63, 3.8) is 0 Å². The summed E-state index contributed by atoms with van der Waals surface area (Å²) in [5, 5.41) is 8.86. The fraction of sp³-hybridized carbons (Fsp3) is 0.500. The molecule has 0 saturated carbocycles.